The van der Waals surface area contributed by atoms with Crippen LogP contribution in [0.1, 0.15) is 12.6 Å². The SMILES string of the molecule is CCc1[nH]c(-c2ccc(F)cn2)nc(=S)c1Br. The molecule has 0 bridgehead atoms. The molecule has 0 spiro atoms. The number of hydrogen-bond donors (Lipinski definition) is 1. The van der Waals surface area contributed by atoms with Crippen LogP contribution in [0, 0.1) is 10.5 Å². The minimum atomic E-state index is -0.375. The summed E-state index contributed by atoms with van der Waals surface area (Å²) in [5.74, 6) is 0.176. The van der Waals surface area contributed by atoms with Gasteiger partial charge in [0.15, 0.2) is 5.82 Å². The Bertz CT molecular complexity index is 595. The van der Waals surface area contributed by atoms with Gasteiger partial charge in [0.1, 0.15) is 16.2 Å². The lowest BCUT2D eigenvalue weighted by molar-refractivity contribution is 0.621. The van der Waals surface area contributed by atoms with Gasteiger partial charge in [-0.05, 0) is 34.5 Å². The Balaban J connectivity index is 2.56. The van der Waals surface area contributed by atoms with Gasteiger partial charge in [0, 0.05) is 5.69 Å². The van der Waals surface area contributed by atoms with E-state index < -0.39 is 0 Å². The van der Waals surface area contributed by atoms with Crippen molar-refractivity contribution in [2.24, 2.45) is 0 Å². The van der Waals surface area contributed by atoms with Gasteiger partial charge in [-0.25, -0.2) is 14.4 Å². The summed E-state index contributed by atoms with van der Waals surface area (Å²) in [5, 5.41) is 0. The van der Waals surface area contributed by atoms with E-state index in [-0.39, 0.29) is 5.82 Å². The quantitative estimate of drug-likeness (QED) is 0.860. The number of hydrogen-bond acceptors (Lipinski definition) is 3. The highest BCUT2D eigenvalue weighted by Gasteiger charge is 2.07. The Labute approximate surface area is 111 Å². The van der Waals surface area contributed by atoms with Crippen LogP contribution in [-0.4, -0.2) is 15.0 Å². The molecule has 17 heavy (non-hydrogen) atoms. The molecule has 0 atom stereocenters. The molecule has 0 fully saturated rings. The van der Waals surface area contributed by atoms with E-state index in [1.54, 1.807) is 6.07 Å². The van der Waals surface area contributed by atoms with E-state index in [1.807, 2.05) is 6.92 Å². The van der Waals surface area contributed by atoms with Crippen molar-refractivity contribution < 1.29 is 4.39 Å². The molecule has 1 N–H and O–H groups in total. The van der Waals surface area contributed by atoms with Gasteiger partial charge in [0.2, 0.25) is 0 Å². The molecule has 88 valence electrons. The second-order valence-corrected chi connectivity index (χ2v) is 4.58. The first-order valence-electron chi connectivity index (χ1n) is 5.02. The van der Waals surface area contributed by atoms with Gasteiger partial charge in [-0.15, -0.1) is 0 Å². The zero-order valence-corrected chi connectivity index (χ0v) is 11.4. The molecule has 0 aliphatic heterocycles. The van der Waals surface area contributed by atoms with E-state index >= 15 is 0 Å². The van der Waals surface area contributed by atoms with E-state index in [0.717, 1.165) is 22.8 Å². The highest BCUT2D eigenvalue weighted by molar-refractivity contribution is 9.10. The molecule has 2 aromatic heterocycles. The molecule has 0 aromatic carbocycles. The lowest BCUT2D eigenvalue weighted by atomic mass is 10.3. The van der Waals surface area contributed by atoms with Crippen molar-refractivity contribution in [2.75, 3.05) is 0 Å². The van der Waals surface area contributed by atoms with E-state index in [2.05, 4.69) is 30.9 Å². The molecular formula is C11H9BrFN3S. The monoisotopic (exact) mass is 313 g/mol. The standard InChI is InChI=1S/C11H9BrFN3S/c1-2-7-9(12)11(17)16-10(15-7)8-4-3-6(13)5-14-8/h3-5H,2H2,1H3,(H,15,16,17). The molecule has 6 heteroatoms. The summed E-state index contributed by atoms with van der Waals surface area (Å²) in [5.41, 5.74) is 1.52. The molecular weight excluding hydrogens is 305 g/mol. The minimum Gasteiger partial charge on any atom is -0.341 e. The van der Waals surface area contributed by atoms with Crippen molar-refractivity contribution in [3.05, 3.63) is 39.0 Å². The third-order valence-corrected chi connectivity index (χ3v) is 3.67. The van der Waals surface area contributed by atoms with Crippen LogP contribution in [0.25, 0.3) is 11.5 Å². The Hall–Kier alpha value is -1.14. The average Bonchev–Trinajstić information content (AvgIpc) is 2.33. The summed E-state index contributed by atoms with van der Waals surface area (Å²) < 4.78 is 14.0. The average molecular weight is 314 g/mol. The van der Waals surface area contributed by atoms with Crippen molar-refractivity contribution in [3.8, 4) is 11.5 Å². The number of nitrogens with one attached hydrogen (secondary N) is 1. The van der Waals surface area contributed by atoms with Gasteiger partial charge < -0.3 is 4.98 Å². The fourth-order valence-corrected chi connectivity index (χ4v) is 2.07. The van der Waals surface area contributed by atoms with Crippen LogP contribution in [0.2, 0.25) is 0 Å². The number of rotatable bonds is 2. The van der Waals surface area contributed by atoms with Gasteiger partial charge in [0.05, 0.1) is 10.7 Å². The summed E-state index contributed by atoms with van der Waals surface area (Å²) in [6, 6.07) is 2.91. The molecule has 2 rings (SSSR count). The normalized spacial score (nSPS) is 10.5. The van der Waals surface area contributed by atoms with Crippen LogP contribution in [-0.2, 0) is 6.42 Å². The smallest absolute Gasteiger partial charge is 0.157 e. The highest BCUT2D eigenvalue weighted by Crippen LogP contribution is 2.20. The number of pyridine rings is 1. The van der Waals surface area contributed by atoms with Crippen molar-refractivity contribution in [2.45, 2.75) is 13.3 Å². The largest absolute Gasteiger partial charge is 0.341 e. The molecule has 2 aromatic rings. The molecule has 0 saturated carbocycles. The number of aromatic nitrogens is 3. The second kappa shape index (κ2) is 5.01. The van der Waals surface area contributed by atoms with Crippen LogP contribution >= 0.6 is 28.1 Å². The predicted octanol–water partition coefficient (Wildman–Crippen LogP) is 3.67. The Kier molecular flexibility index (Phi) is 3.63. The third-order valence-electron chi connectivity index (χ3n) is 2.26. The first kappa shape index (κ1) is 12.3. The van der Waals surface area contributed by atoms with Gasteiger partial charge in [-0.3, -0.25) is 0 Å². The molecule has 2 heterocycles. The Morgan fingerprint density at radius 2 is 2.24 bits per heavy atom. The Morgan fingerprint density at radius 1 is 1.47 bits per heavy atom. The first-order valence-corrected chi connectivity index (χ1v) is 6.22. The van der Waals surface area contributed by atoms with Gasteiger partial charge in [-0.1, -0.05) is 19.1 Å². The molecule has 0 radical (unpaired) electrons. The summed E-state index contributed by atoms with van der Waals surface area (Å²) in [6.45, 7) is 2.01. The number of aryl methyl sites for hydroxylation is 1. The van der Waals surface area contributed by atoms with Crippen molar-refractivity contribution >= 4 is 28.1 Å². The predicted molar refractivity (Wildman–Crippen MR) is 69.7 cm³/mol. The van der Waals surface area contributed by atoms with E-state index in [1.165, 1.54) is 6.07 Å². The van der Waals surface area contributed by atoms with Gasteiger partial charge in [0.25, 0.3) is 0 Å². The van der Waals surface area contributed by atoms with E-state index in [4.69, 9.17) is 12.2 Å². The maximum Gasteiger partial charge on any atom is 0.157 e. The van der Waals surface area contributed by atoms with Crippen molar-refractivity contribution in [1.82, 2.24) is 15.0 Å². The zero-order chi connectivity index (χ0) is 12.4. The summed E-state index contributed by atoms with van der Waals surface area (Å²) >= 11 is 8.52. The summed E-state index contributed by atoms with van der Waals surface area (Å²) in [6.07, 6.45) is 1.95. The number of H-pyrrole nitrogens is 1. The first-order chi connectivity index (χ1) is 8.11. The molecule has 0 aliphatic carbocycles. The van der Waals surface area contributed by atoms with Gasteiger partial charge >= 0.3 is 0 Å². The van der Waals surface area contributed by atoms with Crippen LogP contribution < -0.4 is 0 Å². The second-order valence-electron chi connectivity index (χ2n) is 3.40. The minimum absolute atomic E-state index is 0.375. The fourth-order valence-electron chi connectivity index (χ4n) is 1.39. The van der Waals surface area contributed by atoms with Crippen LogP contribution in [0.4, 0.5) is 4.39 Å². The van der Waals surface area contributed by atoms with E-state index in [9.17, 15) is 4.39 Å². The lowest BCUT2D eigenvalue weighted by Gasteiger charge is -2.06. The maximum absolute atomic E-state index is 12.8. The Morgan fingerprint density at radius 3 is 2.82 bits per heavy atom. The molecule has 0 aliphatic rings. The fraction of sp³-hybridized carbons (Fsp3) is 0.182. The van der Waals surface area contributed by atoms with Crippen molar-refractivity contribution in [3.63, 3.8) is 0 Å². The molecule has 3 nitrogen and oxygen atoms in total. The number of aromatic amines is 1. The van der Waals surface area contributed by atoms with Gasteiger partial charge in [-0.2, -0.15) is 0 Å². The highest BCUT2D eigenvalue weighted by atomic mass is 79.9. The molecule has 0 saturated heterocycles. The van der Waals surface area contributed by atoms with Crippen LogP contribution in [0.5, 0.6) is 0 Å². The molecule has 0 unspecified atom stereocenters. The summed E-state index contributed by atoms with van der Waals surface area (Å²) in [7, 11) is 0. The van der Waals surface area contributed by atoms with Crippen LogP contribution in [0.3, 0.4) is 0 Å². The number of halogens is 2. The molecule has 0 amide bonds. The van der Waals surface area contributed by atoms with Crippen molar-refractivity contribution in [1.29, 1.82) is 0 Å². The summed E-state index contributed by atoms with van der Waals surface area (Å²) in [4.78, 5) is 11.3. The van der Waals surface area contributed by atoms with Crippen LogP contribution in [0.15, 0.2) is 22.8 Å². The lowest BCUT2D eigenvalue weighted by Crippen LogP contribution is -1.98. The maximum atomic E-state index is 12.8. The zero-order valence-electron chi connectivity index (χ0n) is 9.00. The van der Waals surface area contributed by atoms with E-state index in [0.29, 0.717) is 16.2 Å². The third kappa shape index (κ3) is 2.58. The number of nitrogens with zero attached hydrogens (tertiary/aromatic N) is 2. The topological polar surface area (TPSA) is 41.6 Å².